The predicted octanol–water partition coefficient (Wildman–Crippen LogP) is 3.36. The Morgan fingerprint density at radius 1 is 1.44 bits per heavy atom. The van der Waals surface area contributed by atoms with E-state index in [1.165, 1.54) is 5.01 Å². The molecular formula is C12H18N4S2. The minimum absolute atomic E-state index is 0.621. The van der Waals surface area contributed by atoms with Crippen LogP contribution in [0.25, 0.3) is 10.7 Å². The van der Waals surface area contributed by atoms with Crippen LogP contribution >= 0.6 is 23.6 Å². The van der Waals surface area contributed by atoms with E-state index in [-0.39, 0.29) is 0 Å². The van der Waals surface area contributed by atoms with Crippen LogP contribution < -0.4 is 0 Å². The lowest BCUT2D eigenvalue weighted by Gasteiger charge is -1.98. The standard InChI is InChI=1S/C12H18N4S2/c1-5-8-10(11-14-15-12(17)16(11)4)18-9(13-8)6-7(2)3/h7H,5-6H2,1-4H3,(H,15,17). The largest absolute Gasteiger partial charge is 0.303 e. The summed E-state index contributed by atoms with van der Waals surface area (Å²) < 4.78 is 2.55. The van der Waals surface area contributed by atoms with Crippen molar-refractivity contribution in [2.45, 2.75) is 33.6 Å². The van der Waals surface area contributed by atoms with E-state index in [9.17, 15) is 0 Å². The lowest BCUT2D eigenvalue weighted by atomic mass is 10.1. The number of rotatable bonds is 4. The zero-order chi connectivity index (χ0) is 13.3. The highest BCUT2D eigenvalue weighted by molar-refractivity contribution is 7.71. The van der Waals surface area contributed by atoms with Crippen LogP contribution in [-0.4, -0.2) is 19.7 Å². The summed E-state index contributed by atoms with van der Waals surface area (Å²) in [6.07, 6.45) is 1.94. The van der Waals surface area contributed by atoms with E-state index < -0.39 is 0 Å². The minimum atomic E-state index is 0.621. The normalized spacial score (nSPS) is 11.4. The quantitative estimate of drug-likeness (QED) is 0.875. The number of hydrogen-bond donors (Lipinski definition) is 1. The molecule has 0 aliphatic rings. The smallest absolute Gasteiger partial charge is 0.195 e. The van der Waals surface area contributed by atoms with Crippen molar-refractivity contribution in [1.29, 1.82) is 0 Å². The van der Waals surface area contributed by atoms with Crippen molar-refractivity contribution in [3.05, 3.63) is 15.5 Å². The van der Waals surface area contributed by atoms with Gasteiger partial charge in [-0.2, -0.15) is 5.10 Å². The molecule has 0 saturated heterocycles. The van der Waals surface area contributed by atoms with E-state index in [0.717, 1.165) is 29.2 Å². The van der Waals surface area contributed by atoms with Crippen molar-refractivity contribution < 1.29 is 0 Å². The summed E-state index contributed by atoms with van der Waals surface area (Å²) in [5.74, 6) is 1.51. The van der Waals surface area contributed by atoms with Crippen LogP contribution in [0, 0.1) is 10.7 Å². The lowest BCUT2D eigenvalue weighted by molar-refractivity contribution is 0.643. The molecule has 1 N–H and O–H groups in total. The van der Waals surface area contributed by atoms with E-state index in [1.54, 1.807) is 11.3 Å². The molecule has 0 aliphatic carbocycles. The molecule has 0 radical (unpaired) electrons. The zero-order valence-corrected chi connectivity index (χ0v) is 12.8. The Morgan fingerprint density at radius 2 is 2.17 bits per heavy atom. The first-order valence-corrected chi connectivity index (χ1v) is 7.35. The Bertz CT molecular complexity index is 591. The van der Waals surface area contributed by atoms with E-state index >= 15 is 0 Å². The van der Waals surface area contributed by atoms with Gasteiger partial charge in [0.05, 0.1) is 15.6 Å². The molecule has 0 amide bonds. The predicted molar refractivity (Wildman–Crippen MR) is 77.4 cm³/mol. The van der Waals surface area contributed by atoms with Crippen molar-refractivity contribution in [3.8, 4) is 10.7 Å². The molecule has 0 aliphatic heterocycles. The molecule has 2 aromatic rings. The highest BCUT2D eigenvalue weighted by Gasteiger charge is 2.16. The monoisotopic (exact) mass is 282 g/mol. The van der Waals surface area contributed by atoms with E-state index in [2.05, 4.69) is 31.0 Å². The van der Waals surface area contributed by atoms with Crippen LogP contribution in [0.2, 0.25) is 0 Å². The Balaban J connectivity index is 2.46. The Hall–Kier alpha value is -1.01. The van der Waals surface area contributed by atoms with Gasteiger partial charge in [-0.3, -0.25) is 5.10 Å². The SMILES string of the molecule is CCc1nc(CC(C)C)sc1-c1n[nH]c(=S)n1C. The second-order valence-electron chi connectivity index (χ2n) is 4.75. The number of aromatic amines is 1. The molecule has 6 heteroatoms. The average molecular weight is 282 g/mol. The van der Waals surface area contributed by atoms with Gasteiger partial charge in [0.25, 0.3) is 0 Å². The van der Waals surface area contributed by atoms with E-state index in [0.29, 0.717) is 10.7 Å². The molecule has 0 aromatic carbocycles. The van der Waals surface area contributed by atoms with Gasteiger partial charge in [0.2, 0.25) is 0 Å². The molecule has 2 rings (SSSR count). The summed E-state index contributed by atoms with van der Waals surface area (Å²) in [5.41, 5.74) is 1.12. The lowest BCUT2D eigenvalue weighted by Crippen LogP contribution is -1.94. The third kappa shape index (κ3) is 2.54. The van der Waals surface area contributed by atoms with E-state index in [4.69, 9.17) is 17.2 Å². The molecule has 18 heavy (non-hydrogen) atoms. The Morgan fingerprint density at radius 3 is 2.67 bits per heavy atom. The molecule has 0 fully saturated rings. The molecule has 4 nitrogen and oxygen atoms in total. The van der Waals surface area contributed by atoms with Crippen LogP contribution in [0.4, 0.5) is 0 Å². The van der Waals surface area contributed by atoms with Gasteiger partial charge in [0.1, 0.15) is 0 Å². The number of H-pyrrole nitrogens is 1. The first-order chi connectivity index (χ1) is 8.52. The van der Waals surface area contributed by atoms with Crippen LogP contribution in [0.3, 0.4) is 0 Å². The van der Waals surface area contributed by atoms with Gasteiger partial charge >= 0.3 is 0 Å². The summed E-state index contributed by atoms with van der Waals surface area (Å²) in [7, 11) is 1.93. The molecular weight excluding hydrogens is 264 g/mol. The number of nitrogens with one attached hydrogen (secondary N) is 1. The van der Waals surface area contributed by atoms with Crippen LogP contribution in [0.15, 0.2) is 0 Å². The van der Waals surface area contributed by atoms with Crippen molar-refractivity contribution in [1.82, 2.24) is 19.7 Å². The molecule has 2 aromatic heterocycles. The first kappa shape index (κ1) is 13.4. The average Bonchev–Trinajstić information content (AvgIpc) is 2.83. The van der Waals surface area contributed by atoms with Crippen LogP contribution in [-0.2, 0) is 19.9 Å². The fourth-order valence-corrected chi connectivity index (χ4v) is 3.32. The molecule has 0 saturated carbocycles. The highest BCUT2D eigenvalue weighted by atomic mass is 32.1. The van der Waals surface area contributed by atoms with Crippen molar-refractivity contribution in [3.63, 3.8) is 0 Å². The first-order valence-electron chi connectivity index (χ1n) is 6.13. The second-order valence-corrected chi connectivity index (χ2v) is 6.22. The van der Waals surface area contributed by atoms with Gasteiger partial charge in [-0.05, 0) is 24.6 Å². The summed E-state index contributed by atoms with van der Waals surface area (Å²) in [5, 5.41) is 8.32. The van der Waals surface area contributed by atoms with Gasteiger partial charge in [-0.1, -0.05) is 20.8 Å². The maximum absolute atomic E-state index is 5.16. The summed E-state index contributed by atoms with van der Waals surface area (Å²) in [6.45, 7) is 6.55. The van der Waals surface area contributed by atoms with Crippen LogP contribution in [0.1, 0.15) is 31.5 Å². The van der Waals surface area contributed by atoms with Gasteiger partial charge in [-0.25, -0.2) is 4.98 Å². The molecule has 0 atom stereocenters. The van der Waals surface area contributed by atoms with Crippen molar-refractivity contribution >= 4 is 23.6 Å². The fourth-order valence-electron chi connectivity index (χ4n) is 1.80. The third-order valence-electron chi connectivity index (χ3n) is 2.74. The number of thiazole rings is 1. The maximum Gasteiger partial charge on any atom is 0.195 e. The second kappa shape index (κ2) is 5.32. The summed E-state index contributed by atoms with van der Waals surface area (Å²) in [4.78, 5) is 5.85. The number of aromatic nitrogens is 4. The molecule has 98 valence electrons. The molecule has 0 unspecified atom stereocenters. The number of hydrogen-bond acceptors (Lipinski definition) is 4. The Kier molecular flexibility index (Phi) is 3.97. The molecule has 0 bridgehead atoms. The maximum atomic E-state index is 5.16. The highest BCUT2D eigenvalue weighted by Crippen LogP contribution is 2.30. The molecule has 2 heterocycles. The number of nitrogens with zero attached hydrogens (tertiary/aromatic N) is 3. The van der Waals surface area contributed by atoms with Gasteiger partial charge in [-0.15, -0.1) is 11.3 Å². The van der Waals surface area contributed by atoms with Crippen LogP contribution in [0.5, 0.6) is 0 Å². The minimum Gasteiger partial charge on any atom is -0.303 e. The molecule has 0 spiro atoms. The Labute approximate surface area is 116 Å². The van der Waals surface area contributed by atoms with E-state index in [1.807, 2.05) is 11.6 Å². The van der Waals surface area contributed by atoms with Gasteiger partial charge < -0.3 is 4.57 Å². The number of aryl methyl sites for hydroxylation is 1. The summed E-state index contributed by atoms with van der Waals surface area (Å²) >= 11 is 6.89. The third-order valence-corrected chi connectivity index (χ3v) is 4.22. The topological polar surface area (TPSA) is 46.5 Å². The van der Waals surface area contributed by atoms with Gasteiger partial charge in [0, 0.05) is 13.5 Å². The van der Waals surface area contributed by atoms with Crippen molar-refractivity contribution in [2.75, 3.05) is 0 Å². The zero-order valence-electron chi connectivity index (χ0n) is 11.1. The van der Waals surface area contributed by atoms with Crippen molar-refractivity contribution in [2.24, 2.45) is 13.0 Å². The fraction of sp³-hybridized carbons (Fsp3) is 0.583. The summed E-state index contributed by atoms with van der Waals surface area (Å²) in [6, 6.07) is 0. The van der Waals surface area contributed by atoms with Gasteiger partial charge in [0.15, 0.2) is 10.6 Å².